The number of nitrogens with zero attached hydrogens (tertiary/aromatic N) is 3. The summed E-state index contributed by atoms with van der Waals surface area (Å²) >= 11 is 4.98. The highest BCUT2D eigenvalue weighted by Gasteiger charge is 2.33. The van der Waals surface area contributed by atoms with Gasteiger partial charge in [-0.15, -0.1) is 0 Å². The topological polar surface area (TPSA) is 65.1 Å². The number of rotatable bonds is 6. The highest BCUT2D eigenvalue weighted by atomic mass is 32.1. The van der Waals surface area contributed by atoms with Gasteiger partial charge < -0.3 is 19.9 Å². The normalized spacial score (nSPS) is 18.2. The smallest absolute Gasteiger partial charge is 0.414 e. The van der Waals surface area contributed by atoms with Crippen molar-refractivity contribution in [3.05, 3.63) is 65.7 Å². The first-order valence-electron chi connectivity index (χ1n) is 11.3. The number of carbonyl (C=O) groups excluding carboxylic acids is 2. The Labute approximate surface area is 207 Å². The molecule has 0 bridgehead atoms. The summed E-state index contributed by atoms with van der Waals surface area (Å²) < 4.78 is 33.3. The summed E-state index contributed by atoms with van der Waals surface area (Å²) in [6.45, 7) is 4.30. The van der Waals surface area contributed by atoms with Crippen LogP contribution in [0.5, 0.6) is 0 Å². The van der Waals surface area contributed by atoms with Gasteiger partial charge in [-0.05, 0) is 48.9 Å². The zero-order valence-corrected chi connectivity index (χ0v) is 20.1. The lowest BCUT2D eigenvalue weighted by molar-refractivity contribution is -0.126. The predicted octanol–water partition coefficient (Wildman–Crippen LogP) is 3.59. The molecule has 2 aromatic carbocycles. The molecular formula is C25H26F2N4O3S. The quantitative estimate of drug-likeness (QED) is 0.483. The summed E-state index contributed by atoms with van der Waals surface area (Å²) in [4.78, 5) is 30.3. The van der Waals surface area contributed by atoms with Crippen molar-refractivity contribution < 1.29 is 23.1 Å². The Hall–Kier alpha value is -3.53. The average molecular weight is 501 g/mol. The zero-order chi connectivity index (χ0) is 24.9. The Bertz CT molecular complexity index is 1130. The minimum absolute atomic E-state index is 0.148. The van der Waals surface area contributed by atoms with E-state index in [0.717, 1.165) is 5.56 Å². The van der Waals surface area contributed by atoms with Crippen LogP contribution in [-0.2, 0) is 9.53 Å². The summed E-state index contributed by atoms with van der Waals surface area (Å²) in [6, 6.07) is 10.6. The van der Waals surface area contributed by atoms with E-state index in [1.807, 2.05) is 4.90 Å². The molecule has 0 aromatic heterocycles. The van der Waals surface area contributed by atoms with Gasteiger partial charge in [-0.2, -0.15) is 0 Å². The number of hydrogen-bond acceptors (Lipinski definition) is 5. The van der Waals surface area contributed by atoms with Crippen molar-refractivity contribution in [3.63, 3.8) is 0 Å². The first-order valence-corrected chi connectivity index (χ1v) is 11.7. The first-order chi connectivity index (χ1) is 16.8. The molecule has 2 saturated heterocycles. The van der Waals surface area contributed by atoms with Gasteiger partial charge in [0.1, 0.15) is 17.7 Å². The van der Waals surface area contributed by atoms with Gasteiger partial charge in [0.25, 0.3) is 0 Å². The third kappa shape index (κ3) is 6.13. The van der Waals surface area contributed by atoms with Crippen molar-refractivity contribution in [2.75, 3.05) is 49.1 Å². The Morgan fingerprint density at radius 3 is 2.51 bits per heavy atom. The largest absolute Gasteiger partial charge is 0.442 e. The Balaban J connectivity index is 1.33. The third-order valence-corrected chi connectivity index (χ3v) is 6.06. The van der Waals surface area contributed by atoms with Crippen LogP contribution in [-0.4, -0.2) is 67.3 Å². The van der Waals surface area contributed by atoms with Crippen molar-refractivity contribution in [2.45, 2.75) is 13.0 Å². The van der Waals surface area contributed by atoms with Gasteiger partial charge in [-0.3, -0.25) is 9.69 Å². The molecule has 2 aromatic rings. The number of piperazine rings is 1. The molecule has 4 rings (SSSR count). The number of benzene rings is 2. The number of hydrogen-bond donors (Lipinski definition) is 1. The summed E-state index contributed by atoms with van der Waals surface area (Å²) in [7, 11) is 0. The van der Waals surface area contributed by atoms with Crippen molar-refractivity contribution in [1.29, 1.82) is 0 Å². The summed E-state index contributed by atoms with van der Waals surface area (Å²) in [6.07, 6.45) is 2.22. The van der Waals surface area contributed by atoms with Crippen molar-refractivity contribution in [3.8, 4) is 0 Å². The molecule has 0 spiro atoms. The minimum Gasteiger partial charge on any atom is -0.442 e. The number of ether oxygens (including phenoxy) is 1. The molecule has 0 aliphatic carbocycles. The molecule has 2 fully saturated rings. The maximum absolute atomic E-state index is 15.0. The van der Waals surface area contributed by atoms with Gasteiger partial charge in [0.15, 0.2) is 0 Å². The monoisotopic (exact) mass is 500 g/mol. The van der Waals surface area contributed by atoms with Crippen LogP contribution >= 0.6 is 12.2 Å². The fourth-order valence-corrected chi connectivity index (χ4v) is 4.11. The number of amides is 2. The molecule has 1 atom stereocenters. The fourth-order valence-electron chi connectivity index (χ4n) is 4.03. The van der Waals surface area contributed by atoms with Crippen LogP contribution in [0.4, 0.5) is 25.0 Å². The molecular weight excluding hydrogens is 474 g/mol. The minimum atomic E-state index is -0.521. The van der Waals surface area contributed by atoms with Crippen LogP contribution in [0.1, 0.15) is 12.5 Å². The lowest BCUT2D eigenvalue weighted by Crippen LogP contribution is -2.48. The van der Waals surface area contributed by atoms with E-state index in [2.05, 4.69) is 5.32 Å². The number of anilines is 2. The van der Waals surface area contributed by atoms with Gasteiger partial charge in [0.05, 0.1) is 29.5 Å². The maximum atomic E-state index is 15.0. The fraction of sp³-hybridized carbons (Fsp3) is 0.320. The van der Waals surface area contributed by atoms with E-state index >= 15 is 0 Å². The van der Waals surface area contributed by atoms with Gasteiger partial charge in [0, 0.05) is 32.3 Å². The Kier molecular flexibility index (Phi) is 7.60. The number of halogens is 2. The molecule has 2 amide bonds. The van der Waals surface area contributed by atoms with Gasteiger partial charge in [-0.1, -0.05) is 24.4 Å². The van der Waals surface area contributed by atoms with Crippen LogP contribution < -0.4 is 15.1 Å². The van der Waals surface area contributed by atoms with E-state index in [4.69, 9.17) is 17.0 Å². The molecule has 7 nitrogen and oxygen atoms in total. The summed E-state index contributed by atoms with van der Waals surface area (Å²) in [5, 5.41) is 2.97. The van der Waals surface area contributed by atoms with Crippen LogP contribution in [0.2, 0.25) is 0 Å². The number of carbonyl (C=O) groups is 2. The molecule has 0 radical (unpaired) electrons. The average Bonchev–Trinajstić information content (AvgIpc) is 3.22. The van der Waals surface area contributed by atoms with Crippen molar-refractivity contribution in [2.24, 2.45) is 0 Å². The molecule has 2 aliphatic rings. The van der Waals surface area contributed by atoms with E-state index in [1.54, 1.807) is 42.2 Å². The first kappa shape index (κ1) is 24.6. The van der Waals surface area contributed by atoms with E-state index in [-0.39, 0.29) is 17.8 Å². The predicted molar refractivity (Wildman–Crippen MR) is 135 cm³/mol. The summed E-state index contributed by atoms with van der Waals surface area (Å²) in [5.41, 5.74) is 1.58. The molecule has 0 unspecified atom stereocenters. The SMILES string of the molecule is CC(=S)NC[C@H]1CN(c2ccc(N3CCN(C(=O)/C=C/c4ccc(F)cc4)CC3)c(F)c2)C(=O)O1. The number of cyclic esters (lactones) is 1. The third-order valence-electron chi connectivity index (χ3n) is 5.92. The van der Waals surface area contributed by atoms with Crippen LogP contribution in [0.3, 0.4) is 0 Å². The van der Waals surface area contributed by atoms with Crippen LogP contribution in [0.25, 0.3) is 6.08 Å². The van der Waals surface area contributed by atoms with Gasteiger partial charge in [0.2, 0.25) is 5.91 Å². The molecule has 0 saturated carbocycles. The van der Waals surface area contributed by atoms with Crippen LogP contribution in [0.15, 0.2) is 48.5 Å². The molecule has 2 aliphatic heterocycles. The molecule has 184 valence electrons. The number of thiocarbonyl (C=S) groups is 1. The van der Waals surface area contributed by atoms with E-state index in [0.29, 0.717) is 55.6 Å². The second-order valence-electron chi connectivity index (χ2n) is 8.39. The van der Waals surface area contributed by atoms with Crippen LogP contribution in [0, 0.1) is 11.6 Å². The van der Waals surface area contributed by atoms with Gasteiger partial charge >= 0.3 is 6.09 Å². The van der Waals surface area contributed by atoms with Gasteiger partial charge in [-0.25, -0.2) is 13.6 Å². The zero-order valence-electron chi connectivity index (χ0n) is 19.2. The highest BCUT2D eigenvalue weighted by molar-refractivity contribution is 7.80. The maximum Gasteiger partial charge on any atom is 0.414 e. The molecule has 1 N–H and O–H groups in total. The second-order valence-corrected chi connectivity index (χ2v) is 9.00. The highest BCUT2D eigenvalue weighted by Crippen LogP contribution is 2.28. The van der Waals surface area contributed by atoms with E-state index < -0.39 is 11.9 Å². The molecule has 10 heteroatoms. The Morgan fingerprint density at radius 1 is 1.14 bits per heavy atom. The van der Waals surface area contributed by atoms with E-state index in [9.17, 15) is 18.4 Å². The van der Waals surface area contributed by atoms with Crippen molar-refractivity contribution >= 4 is 46.7 Å². The lowest BCUT2D eigenvalue weighted by atomic mass is 10.2. The van der Waals surface area contributed by atoms with Crippen molar-refractivity contribution in [1.82, 2.24) is 10.2 Å². The molecule has 35 heavy (non-hydrogen) atoms. The molecule has 2 heterocycles. The standard InChI is InChI=1S/C25H26F2N4O3S/c1-17(35)28-15-21-16-31(25(33)34-21)20-7-8-23(22(27)14-20)29-10-12-30(13-11-29)24(32)9-4-18-2-5-19(26)6-3-18/h2-9,14,21H,10-13,15-16H2,1H3,(H,28,35)/b9-4+/t21-/m0/s1. The second kappa shape index (κ2) is 10.8. The van der Waals surface area contributed by atoms with E-state index in [1.165, 1.54) is 29.2 Å². The Morgan fingerprint density at radius 2 is 1.86 bits per heavy atom. The summed E-state index contributed by atoms with van der Waals surface area (Å²) in [5.74, 6) is -0.920. The number of nitrogens with one attached hydrogen (secondary N) is 1. The lowest BCUT2D eigenvalue weighted by Gasteiger charge is -2.36.